The average molecular weight is 247 g/mol. The lowest BCUT2D eigenvalue weighted by atomic mass is 10.1. The van der Waals surface area contributed by atoms with Crippen LogP contribution in [0, 0.1) is 10.8 Å². The number of nitrogens with zero attached hydrogens (tertiary/aromatic N) is 3. The summed E-state index contributed by atoms with van der Waals surface area (Å²) in [6.45, 7) is 0. The molecule has 18 heavy (non-hydrogen) atoms. The minimum atomic E-state index is 0.373. The van der Waals surface area contributed by atoms with Gasteiger partial charge in [0.25, 0.3) is 0 Å². The molecule has 0 aliphatic rings. The molecule has 0 aromatic carbocycles. The van der Waals surface area contributed by atoms with Crippen molar-refractivity contribution < 1.29 is 0 Å². The average Bonchev–Trinajstić information content (AvgIpc) is 2.70. The normalized spacial score (nSPS) is 11.3. The van der Waals surface area contributed by atoms with Crippen molar-refractivity contribution in [2.45, 2.75) is 0 Å². The summed E-state index contributed by atoms with van der Waals surface area (Å²) in [7, 11) is 9.24. The molecular formula is C13H21N5. The molecule has 0 saturated heterocycles. The van der Waals surface area contributed by atoms with Crippen molar-refractivity contribution in [1.82, 2.24) is 14.4 Å². The molecule has 0 spiro atoms. The number of aromatic nitrogens is 1. The zero-order valence-corrected chi connectivity index (χ0v) is 11.7. The SMILES string of the molecule is CN(C)C(=N)/C=C(\C(=N)N(C)C)c1cccn1C. The second kappa shape index (κ2) is 5.53. The fraction of sp³-hybridized carbons (Fsp3) is 0.385. The van der Waals surface area contributed by atoms with E-state index in [1.807, 2.05) is 58.1 Å². The van der Waals surface area contributed by atoms with E-state index in [1.54, 1.807) is 15.9 Å². The molecule has 0 unspecified atom stereocenters. The van der Waals surface area contributed by atoms with Crippen molar-refractivity contribution in [1.29, 1.82) is 10.8 Å². The molecule has 0 amide bonds. The first kappa shape index (κ1) is 14.0. The lowest BCUT2D eigenvalue weighted by Crippen LogP contribution is -2.25. The number of aryl methyl sites for hydroxylation is 1. The van der Waals surface area contributed by atoms with E-state index in [2.05, 4.69) is 0 Å². The third kappa shape index (κ3) is 3.00. The lowest BCUT2D eigenvalue weighted by molar-refractivity contribution is 0.618. The maximum atomic E-state index is 8.14. The van der Waals surface area contributed by atoms with Crippen LogP contribution < -0.4 is 0 Å². The Kier molecular flexibility index (Phi) is 4.31. The minimum absolute atomic E-state index is 0.373. The quantitative estimate of drug-likeness (QED) is 0.628. The Bertz CT molecular complexity index is 479. The molecule has 0 bridgehead atoms. The smallest absolute Gasteiger partial charge is 0.129 e. The maximum Gasteiger partial charge on any atom is 0.129 e. The number of rotatable bonds is 3. The summed E-state index contributed by atoms with van der Waals surface area (Å²) in [5.74, 6) is 0.765. The molecule has 1 aromatic heterocycles. The molecule has 0 radical (unpaired) electrons. The number of likely N-dealkylation sites (N-methyl/N-ethyl adjacent to an activating group) is 2. The van der Waals surface area contributed by atoms with Gasteiger partial charge in [0.2, 0.25) is 0 Å². The van der Waals surface area contributed by atoms with Gasteiger partial charge in [-0.05, 0) is 18.2 Å². The van der Waals surface area contributed by atoms with Gasteiger partial charge in [0.15, 0.2) is 0 Å². The fourth-order valence-electron chi connectivity index (χ4n) is 1.51. The highest BCUT2D eigenvalue weighted by atomic mass is 15.1. The Morgan fingerprint density at radius 2 is 1.78 bits per heavy atom. The first-order chi connectivity index (χ1) is 8.34. The maximum absolute atomic E-state index is 8.14. The summed E-state index contributed by atoms with van der Waals surface area (Å²) < 4.78 is 1.95. The van der Waals surface area contributed by atoms with Crippen molar-refractivity contribution in [3.63, 3.8) is 0 Å². The van der Waals surface area contributed by atoms with Gasteiger partial charge >= 0.3 is 0 Å². The predicted molar refractivity (Wildman–Crippen MR) is 76.2 cm³/mol. The van der Waals surface area contributed by atoms with E-state index in [-0.39, 0.29) is 0 Å². The molecule has 0 fully saturated rings. The topological polar surface area (TPSA) is 59.1 Å². The van der Waals surface area contributed by atoms with Crippen LogP contribution in [0.25, 0.3) is 5.57 Å². The Balaban J connectivity index is 3.24. The summed E-state index contributed by atoms with van der Waals surface area (Å²) >= 11 is 0. The van der Waals surface area contributed by atoms with Crippen molar-refractivity contribution >= 4 is 17.2 Å². The Morgan fingerprint density at radius 1 is 1.17 bits per heavy atom. The first-order valence-electron chi connectivity index (χ1n) is 5.70. The number of hydrogen-bond acceptors (Lipinski definition) is 2. The van der Waals surface area contributed by atoms with Crippen LogP contribution in [0.2, 0.25) is 0 Å². The monoisotopic (exact) mass is 247 g/mol. The third-order valence-corrected chi connectivity index (χ3v) is 2.68. The minimum Gasteiger partial charge on any atom is -0.363 e. The van der Waals surface area contributed by atoms with Crippen molar-refractivity contribution in [2.24, 2.45) is 7.05 Å². The Labute approximate surface area is 108 Å². The van der Waals surface area contributed by atoms with Crippen LogP contribution in [-0.4, -0.2) is 54.2 Å². The molecule has 0 saturated carbocycles. The van der Waals surface area contributed by atoms with Gasteiger partial charge in [0.1, 0.15) is 11.7 Å². The van der Waals surface area contributed by atoms with Gasteiger partial charge in [-0.2, -0.15) is 0 Å². The van der Waals surface area contributed by atoms with Gasteiger partial charge in [-0.3, -0.25) is 10.8 Å². The molecule has 0 aliphatic heterocycles. The standard InChI is InChI=1S/C13H21N5/c1-16(2)12(14)9-10(13(15)17(3)4)11-7-6-8-18(11)5/h6-9,14-15H,1-5H3/b10-9-,14-12?,15-13?. The Hall–Kier alpha value is -2.04. The number of nitrogens with one attached hydrogen (secondary N) is 2. The van der Waals surface area contributed by atoms with Crippen LogP contribution in [0.1, 0.15) is 5.69 Å². The van der Waals surface area contributed by atoms with E-state index in [0.29, 0.717) is 11.7 Å². The first-order valence-corrected chi connectivity index (χ1v) is 5.70. The van der Waals surface area contributed by atoms with E-state index in [1.165, 1.54) is 0 Å². The van der Waals surface area contributed by atoms with Crippen LogP contribution in [0.5, 0.6) is 0 Å². The molecule has 0 aliphatic carbocycles. The molecule has 1 aromatic rings. The molecule has 5 heteroatoms. The van der Waals surface area contributed by atoms with Gasteiger partial charge in [-0.15, -0.1) is 0 Å². The van der Waals surface area contributed by atoms with Crippen LogP contribution in [0.15, 0.2) is 24.4 Å². The summed E-state index contributed by atoms with van der Waals surface area (Å²) in [5, 5.41) is 16.0. The molecule has 5 nitrogen and oxygen atoms in total. The van der Waals surface area contributed by atoms with Gasteiger partial charge in [-0.25, -0.2) is 0 Å². The van der Waals surface area contributed by atoms with Gasteiger partial charge in [-0.1, -0.05) is 0 Å². The zero-order valence-electron chi connectivity index (χ0n) is 11.7. The zero-order chi connectivity index (χ0) is 13.9. The third-order valence-electron chi connectivity index (χ3n) is 2.68. The highest BCUT2D eigenvalue weighted by molar-refractivity contribution is 6.24. The van der Waals surface area contributed by atoms with Crippen LogP contribution in [0.4, 0.5) is 0 Å². The van der Waals surface area contributed by atoms with Crippen molar-refractivity contribution in [2.75, 3.05) is 28.2 Å². The second-order valence-electron chi connectivity index (χ2n) is 4.59. The van der Waals surface area contributed by atoms with Crippen LogP contribution in [0.3, 0.4) is 0 Å². The Morgan fingerprint density at radius 3 is 2.17 bits per heavy atom. The predicted octanol–water partition coefficient (Wildman–Crippen LogP) is 1.49. The summed E-state index contributed by atoms with van der Waals surface area (Å²) in [5.41, 5.74) is 1.67. The second-order valence-corrected chi connectivity index (χ2v) is 4.59. The number of amidine groups is 2. The molecular weight excluding hydrogens is 226 g/mol. The van der Waals surface area contributed by atoms with E-state index < -0.39 is 0 Å². The highest BCUT2D eigenvalue weighted by Gasteiger charge is 2.14. The molecule has 2 N–H and O–H groups in total. The number of hydrogen-bond donors (Lipinski definition) is 2. The van der Waals surface area contributed by atoms with Crippen molar-refractivity contribution in [3.8, 4) is 0 Å². The lowest BCUT2D eigenvalue weighted by Gasteiger charge is -2.19. The molecule has 98 valence electrons. The van der Waals surface area contributed by atoms with Gasteiger partial charge in [0, 0.05) is 47.0 Å². The van der Waals surface area contributed by atoms with Gasteiger partial charge in [0.05, 0.1) is 5.69 Å². The molecule has 1 heterocycles. The molecule has 0 atom stereocenters. The summed E-state index contributed by atoms with van der Waals surface area (Å²) in [6, 6.07) is 3.89. The van der Waals surface area contributed by atoms with Gasteiger partial charge < -0.3 is 14.4 Å². The van der Waals surface area contributed by atoms with Crippen LogP contribution in [-0.2, 0) is 7.05 Å². The van der Waals surface area contributed by atoms with E-state index in [9.17, 15) is 0 Å². The largest absolute Gasteiger partial charge is 0.363 e. The summed E-state index contributed by atoms with van der Waals surface area (Å²) in [6.07, 6.45) is 3.66. The highest BCUT2D eigenvalue weighted by Crippen LogP contribution is 2.17. The van der Waals surface area contributed by atoms with E-state index in [0.717, 1.165) is 11.3 Å². The molecule has 1 rings (SSSR count). The van der Waals surface area contributed by atoms with Crippen molar-refractivity contribution in [3.05, 3.63) is 30.1 Å². The van der Waals surface area contributed by atoms with Crippen LogP contribution >= 0.6 is 0 Å². The van der Waals surface area contributed by atoms with E-state index in [4.69, 9.17) is 10.8 Å². The van der Waals surface area contributed by atoms with E-state index >= 15 is 0 Å². The fourth-order valence-corrected chi connectivity index (χ4v) is 1.51. The summed E-state index contributed by atoms with van der Waals surface area (Å²) in [4.78, 5) is 3.45.